The van der Waals surface area contributed by atoms with Gasteiger partial charge in [-0.2, -0.15) is 0 Å². The van der Waals surface area contributed by atoms with E-state index in [1.165, 1.54) is 17.0 Å². The molecule has 0 unspecified atom stereocenters. The lowest BCUT2D eigenvalue weighted by atomic mass is 9.77. The highest BCUT2D eigenvalue weighted by molar-refractivity contribution is 5.88. The number of halogens is 2. The Morgan fingerprint density at radius 1 is 1.26 bits per heavy atom. The Hall–Kier alpha value is -1.98. The monoisotopic (exact) mass is 325 g/mol. The van der Waals surface area contributed by atoms with Crippen molar-refractivity contribution in [3.63, 3.8) is 0 Å². The van der Waals surface area contributed by atoms with Crippen molar-refractivity contribution in [2.24, 2.45) is 0 Å². The highest BCUT2D eigenvalue weighted by Gasteiger charge is 2.45. The second kappa shape index (κ2) is 7.06. The molecule has 1 aromatic rings. The summed E-state index contributed by atoms with van der Waals surface area (Å²) in [4.78, 5) is 24.9. The van der Waals surface area contributed by atoms with Gasteiger partial charge >= 0.3 is 5.97 Å². The molecule has 0 spiro atoms. The lowest BCUT2D eigenvalue weighted by Crippen LogP contribution is -2.44. The summed E-state index contributed by atoms with van der Waals surface area (Å²) in [6.07, 6.45) is 3.00. The fourth-order valence-corrected chi connectivity index (χ4v) is 3.39. The van der Waals surface area contributed by atoms with Crippen molar-refractivity contribution in [3.8, 4) is 0 Å². The van der Waals surface area contributed by atoms with Crippen LogP contribution in [-0.4, -0.2) is 35.5 Å². The number of benzene rings is 1. The van der Waals surface area contributed by atoms with Gasteiger partial charge in [0.1, 0.15) is 11.6 Å². The van der Waals surface area contributed by atoms with E-state index in [0.29, 0.717) is 25.8 Å². The number of carboxylic acids is 1. The topological polar surface area (TPSA) is 57.6 Å². The van der Waals surface area contributed by atoms with Crippen LogP contribution in [0.2, 0.25) is 0 Å². The Labute approximate surface area is 134 Å². The Morgan fingerprint density at radius 2 is 1.91 bits per heavy atom. The smallest absolute Gasteiger partial charge is 0.303 e. The second-order valence-corrected chi connectivity index (χ2v) is 6.14. The van der Waals surface area contributed by atoms with Crippen LogP contribution in [0.4, 0.5) is 8.78 Å². The van der Waals surface area contributed by atoms with Crippen molar-refractivity contribution in [2.75, 3.05) is 13.6 Å². The van der Waals surface area contributed by atoms with Gasteiger partial charge in [-0.05, 0) is 25.3 Å². The van der Waals surface area contributed by atoms with Crippen LogP contribution in [0.1, 0.15) is 44.1 Å². The minimum Gasteiger partial charge on any atom is -0.481 e. The number of likely N-dealkylation sites (N-methyl/N-ethyl adjacent to an activating group) is 1. The number of carbonyl (C=O) groups is 2. The summed E-state index contributed by atoms with van der Waals surface area (Å²) in [5.41, 5.74) is -0.720. The average molecular weight is 325 g/mol. The van der Waals surface area contributed by atoms with Crippen molar-refractivity contribution in [2.45, 2.75) is 43.9 Å². The van der Waals surface area contributed by atoms with Gasteiger partial charge in [-0.1, -0.05) is 18.9 Å². The number of aliphatic carboxylic acids is 1. The fourth-order valence-electron chi connectivity index (χ4n) is 3.39. The maximum absolute atomic E-state index is 14.2. The van der Waals surface area contributed by atoms with E-state index >= 15 is 0 Å². The number of rotatable bonds is 6. The predicted octanol–water partition coefficient (Wildman–Crippen LogP) is 3.10. The molecule has 126 valence electrons. The standard InChI is InChI=1S/C17H21F2NO3/c1-20(10-4-5-15(21)22)16(23)17(8-2-3-9-17)13-7-6-12(18)11-14(13)19/h6-7,11H,2-5,8-10H2,1H3,(H,21,22). The molecule has 1 fully saturated rings. The van der Waals surface area contributed by atoms with E-state index in [9.17, 15) is 18.4 Å². The normalized spacial score (nSPS) is 16.3. The Balaban J connectivity index is 2.22. The molecule has 0 aromatic heterocycles. The van der Waals surface area contributed by atoms with Crippen molar-refractivity contribution < 1.29 is 23.5 Å². The van der Waals surface area contributed by atoms with Gasteiger partial charge in [-0.3, -0.25) is 9.59 Å². The molecule has 4 nitrogen and oxygen atoms in total. The molecule has 1 aliphatic rings. The number of hydrogen-bond acceptors (Lipinski definition) is 2. The molecule has 6 heteroatoms. The van der Waals surface area contributed by atoms with Gasteiger partial charge < -0.3 is 10.0 Å². The minimum atomic E-state index is -0.963. The SMILES string of the molecule is CN(CCCC(=O)O)C(=O)C1(c2ccc(F)cc2F)CCCC1. The molecule has 1 N–H and O–H groups in total. The fraction of sp³-hybridized carbons (Fsp3) is 0.529. The molecule has 2 rings (SSSR count). The number of hydrogen-bond donors (Lipinski definition) is 1. The Bertz CT molecular complexity index is 598. The molecule has 1 saturated carbocycles. The predicted molar refractivity (Wildman–Crippen MR) is 81.0 cm³/mol. The second-order valence-electron chi connectivity index (χ2n) is 6.14. The van der Waals surface area contributed by atoms with Gasteiger partial charge in [0.25, 0.3) is 0 Å². The first-order chi connectivity index (χ1) is 10.9. The largest absolute Gasteiger partial charge is 0.481 e. The van der Waals surface area contributed by atoms with Crippen LogP contribution < -0.4 is 0 Å². The number of amides is 1. The maximum Gasteiger partial charge on any atom is 0.303 e. The first-order valence-electron chi connectivity index (χ1n) is 7.80. The van der Waals surface area contributed by atoms with E-state index in [1.807, 2.05) is 0 Å². The zero-order chi connectivity index (χ0) is 17.0. The Kier molecular flexibility index (Phi) is 5.34. The zero-order valence-electron chi connectivity index (χ0n) is 13.1. The van der Waals surface area contributed by atoms with Crippen LogP contribution in [-0.2, 0) is 15.0 Å². The summed E-state index contributed by atoms with van der Waals surface area (Å²) < 4.78 is 27.4. The molecule has 1 aromatic carbocycles. The van der Waals surface area contributed by atoms with Gasteiger partial charge in [-0.15, -0.1) is 0 Å². The zero-order valence-corrected chi connectivity index (χ0v) is 13.1. The van der Waals surface area contributed by atoms with Gasteiger partial charge in [0.15, 0.2) is 0 Å². The highest BCUT2D eigenvalue weighted by atomic mass is 19.1. The molecule has 0 bridgehead atoms. The molecule has 0 atom stereocenters. The van der Waals surface area contributed by atoms with Crippen LogP contribution in [0.5, 0.6) is 0 Å². The highest BCUT2D eigenvalue weighted by Crippen LogP contribution is 2.43. The molecular formula is C17H21F2NO3. The number of nitrogens with zero attached hydrogens (tertiary/aromatic N) is 1. The Morgan fingerprint density at radius 3 is 2.48 bits per heavy atom. The third-order valence-electron chi connectivity index (χ3n) is 4.54. The molecule has 0 saturated heterocycles. The molecule has 1 amide bonds. The lowest BCUT2D eigenvalue weighted by molar-refractivity contribution is -0.139. The van der Waals surface area contributed by atoms with Crippen molar-refractivity contribution >= 4 is 11.9 Å². The van der Waals surface area contributed by atoms with Crippen molar-refractivity contribution in [1.82, 2.24) is 4.90 Å². The quantitative estimate of drug-likeness (QED) is 0.874. The van der Waals surface area contributed by atoms with Crippen LogP contribution in [0.3, 0.4) is 0 Å². The van der Waals surface area contributed by atoms with Crippen molar-refractivity contribution in [1.29, 1.82) is 0 Å². The van der Waals surface area contributed by atoms with Crippen LogP contribution in [0.15, 0.2) is 18.2 Å². The summed E-state index contributed by atoms with van der Waals surface area (Å²) in [6, 6.07) is 3.35. The van der Waals surface area contributed by atoms with Crippen molar-refractivity contribution in [3.05, 3.63) is 35.4 Å². The number of carbonyl (C=O) groups excluding carboxylic acids is 1. The van der Waals surface area contributed by atoms with Gasteiger partial charge in [0.2, 0.25) is 5.91 Å². The van der Waals surface area contributed by atoms with E-state index < -0.39 is 23.0 Å². The summed E-state index contributed by atoms with van der Waals surface area (Å²) >= 11 is 0. The minimum absolute atomic E-state index is 0.0183. The van der Waals surface area contributed by atoms with E-state index in [-0.39, 0.29) is 17.9 Å². The molecule has 0 radical (unpaired) electrons. The third kappa shape index (κ3) is 3.68. The first kappa shape index (κ1) is 17.4. The number of carboxylic acid groups (broad SMARTS) is 1. The van der Waals surface area contributed by atoms with Gasteiger partial charge in [0, 0.05) is 31.6 Å². The first-order valence-corrected chi connectivity index (χ1v) is 7.80. The van der Waals surface area contributed by atoms with Crippen LogP contribution in [0, 0.1) is 11.6 Å². The molecule has 23 heavy (non-hydrogen) atoms. The molecule has 0 heterocycles. The average Bonchev–Trinajstić information content (AvgIpc) is 2.96. The molecule has 0 aliphatic heterocycles. The maximum atomic E-state index is 14.2. The summed E-state index contributed by atoms with van der Waals surface area (Å²) in [5.74, 6) is -2.49. The van der Waals surface area contributed by atoms with Gasteiger partial charge in [-0.25, -0.2) is 8.78 Å². The van der Waals surface area contributed by atoms with Gasteiger partial charge in [0.05, 0.1) is 5.41 Å². The summed E-state index contributed by atoms with van der Waals surface area (Å²) in [5, 5.41) is 8.68. The van der Waals surface area contributed by atoms with Crippen LogP contribution in [0.25, 0.3) is 0 Å². The van der Waals surface area contributed by atoms with E-state index in [4.69, 9.17) is 5.11 Å². The van der Waals surface area contributed by atoms with E-state index in [1.54, 1.807) is 7.05 Å². The van der Waals surface area contributed by atoms with E-state index in [2.05, 4.69) is 0 Å². The lowest BCUT2D eigenvalue weighted by Gasteiger charge is -2.33. The third-order valence-corrected chi connectivity index (χ3v) is 4.54. The van der Waals surface area contributed by atoms with E-state index in [0.717, 1.165) is 18.9 Å². The summed E-state index contributed by atoms with van der Waals surface area (Å²) in [6.45, 7) is 0.301. The molecule has 1 aliphatic carbocycles. The molecular weight excluding hydrogens is 304 g/mol. The van der Waals surface area contributed by atoms with Crippen LogP contribution >= 0.6 is 0 Å². The summed E-state index contributed by atoms with van der Waals surface area (Å²) in [7, 11) is 1.60.